The van der Waals surface area contributed by atoms with E-state index in [2.05, 4.69) is 15.0 Å². The number of nitrogens with zero attached hydrogens (tertiary/aromatic N) is 5. The molecule has 0 saturated carbocycles. The van der Waals surface area contributed by atoms with E-state index in [0.29, 0.717) is 11.3 Å². The molecular formula is C22H21N5OS. The molecule has 0 N–H and O–H groups in total. The molecule has 0 spiro atoms. The van der Waals surface area contributed by atoms with Gasteiger partial charge >= 0.3 is 0 Å². The maximum absolute atomic E-state index is 13.5. The Balaban J connectivity index is 1.83. The minimum atomic E-state index is -0.127. The monoisotopic (exact) mass is 403 g/mol. The highest BCUT2D eigenvalue weighted by molar-refractivity contribution is 7.09. The van der Waals surface area contributed by atoms with E-state index in [-0.39, 0.29) is 11.9 Å². The topological polar surface area (TPSA) is 71.9 Å². The van der Waals surface area contributed by atoms with Crippen LogP contribution in [0, 0.1) is 13.8 Å². The molecule has 29 heavy (non-hydrogen) atoms. The van der Waals surface area contributed by atoms with Crippen molar-refractivity contribution >= 4 is 28.1 Å². The molecule has 0 aliphatic heterocycles. The van der Waals surface area contributed by atoms with Gasteiger partial charge in [-0.2, -0.15) is 0 Å². The molecule has 7 heteroatoms. The molecule has 0 aliphatic rings. The van der Waals surface area contributed by atoms with Crippen molar-refractivity contribution in [3.63, 3.8) is 0 Å². The molecule has 146 valence electrons. The summed E-state index contributed by atoms with van der Waals surface area (Å²) in [6.45, 7) is 5.96. The van der Waals surface area contributed by atoms with Gasteiger partial charge in [-0.1, -0.05) is 18.2 Å². The van der Waals surface area contributed by atoms with Crippen LogP contribution in [-0.2, 0) is 0 Å². The first-order chi connectivity index (χ1) is 14.0. The Hall–Kier alpha value is -3.19. The number of amides is 1. The normalized spacial score (nSPS) is 12.1. The van der Waals surface area contributed by atoms with E-state index in [1.54, 1.807) is 28.6 Å². The van der Waals surface area contributed by atoms with Crippen LogP contribution in [0.3, 0.4) is 0 Å². The smallest absolute Gasteiger partial charge is 0.254 e. The van der Waals surface area contributed by atoms with Crippen LogP contribution in [0.1, 0.15) is 39.6 Å². The number of carbonyl (C=O) groups is 1. The van der Waals surface area contributed by atoms with Crippen molar-refractivity contribution in [2.75, 3.05) is 7.05 Å². The number of benzene rings is 1. The van der Waals surface area contributed by atoms with Gasteiger partial charge < -0.3 is 4.90 Å². The van der Waals surface area contributed by atoms with Gasteiger partial charge in [-0.05, 0) is 32.4 Å². The number of aryl methyl sites for hydroxylation is 2. The molecule has 0 radical (unpaired) electrons. The molecule has 3 heterocycles. The number of pyridine rings is 1. The summed E-state index contributed by atoms with van der Waals surface area (Å²) in [5.41, 5.74) is 4.86. The zero-order valence-electron chi connectivity index (χ0n) is 16.7. The van der Waals surface area contributed by atoms with E-state index in [9.17, 15) is 4.79 Å². The summed E-state index contributed by atoms with van der Waals surface area (Å²) in [5, 5.41) is 3.76. The van der Waals surface area contributed by atoms with E-state index < -0.39 is 0 Å². The van der Waals surface area contributed by atoms with Gasteiger partial charge in [0, 0.05) is 41.5 Å². The largest absolute Gasteiger partial charge is 0.332 e. The van der Waals surface area contributed by atoms with Crippen molar-refractivity contribution in [1.29, 1.82) is 0 Å². The minimum absolute atomic E-state index is 0.0681. The van der Waals surface area contributed by atoms with Gasteiger partial charge in [0.2, 0.25) is 0 Å². The van der Waals surface area contributed by atoms with Gasteiger partial charge in [-0.15, -0.1) is 11.3 Å². The Morgan fingerprint density at radius 2 is 1.90 bits per heavy atom. The fourth-order valence-electron chi connectivity index (χ4n) is 3.24. The number of fused-ring (bicyclic) bond motifs is 1. The molecule has 4 aromatic rings. The number of para-hydroxylation sites is 1. The Morgan fingerprint density at radius 3 is 2.59 bits per heavy atom. The van der Waals surface area contributed by atoms with Gasteiger partial charge in [0.15, 0.2) is 0 Å². The molecular weight excluding hydrogens is 382 g/mol. The molecule has 4 rings (SSSR count). The molecule has 0 aliphatic carbocycles. The highest BCUT2D eigenvalue weighted by Gasteiger charge is 2.24. The van der Waals surface area contributed by atoms with Crippen LogP contribution in [0.2, 0.25) is 0 Å². The minimum Gasteiger partial charge on any atom is -0.332 e. The van der Waals surface area contributed by atoms with E-state index in [4.69, 9.17) is 4.98 Å². The predicted octanol–water partition coefficient (Wildman–Crippen LogP) is 4.60. The first kappa shape index (κ1) is 19.1. The number of carbonyl (C=O) groups excluding carboxylic acids is 1. The Labute approximate surface area is 173 Å². The summed E-state index contributed by atoms with van der Waals surface area (Å²) < 4.78 is 0. The molecule has 0 fully saturated rings. The van der Waals surface area contributed by atoms with Crippen LogP contribution in [0.5, 0.6) is 0 Å². The van der Waals surface area contributed by atoms with Gasteiger partial charge in [0.25, 0.3) is 5.91 Å². The average molecular weight is 404 g/mol. The summed E-state index contributed by atoms with van der Waals surface area (Å²) >= 11 is 1.57. The molecule has 1 amide bonds. The molecule has 1 aromatic carbocycles. The lowest BCUT2D eigenvalue weighted by Crippen LogP contribution is -2.30. The quantitative estimate of drug-likeness (QED) is 0.498. The third-order valence-electron chi connectivity index (χ3n) is 5.02. The third kappa shape index (κ3) is 3.61. The number of rotatable bonds is 4. The first-order valence-corrected chi connectivity index (χ1v) is 10.2. The number of hydrogen-bond acceptors (Lipinski definition) is 6. The highest BCUT2D eigenvalue weighted by Crippen LogP contribution is 2.29. The van der Waals surface area contributed by atoms with E-state index in [1.165, 1.54) is 6.33 Å². The SMILES string of the molecule is Cc1csc(C(C)N(C)C(=O)c2cc(-c3cncnc3)nc3c(C)cccc23)n1. The Bertz CT molecular complexity index is 1190. The van der Waals surface area contributed by atoms with Crippen LogP contribution in [0.15, 0.2) is 48.4 Å². The van der Waals surface area contributed by atoms with Gasteiger partial charge in [-0.3, -0.25) is 4.79 Å². The van der Waals surface area contributed by atoms with Crippen molar-refractivity contribution in [3.8, 4) is 11.3 Å². The van der Waals surface area contributed by atoms with E-state index >= 15 is 0 Å². The van der Waals surface area contributed by atoms with Crippen molar-refractivity contribution in [2.24, 2.45) is 0 Å². The molecule has 0 saturated heterocycles. The van der Waals surface area contributed by atoms with Crippen molar-refractivity contribution in [3.05, 3.63) is 70.2 Å². The number of aromatic nitrogens is 4. The van der Waals surface area contributed by atoms with Crippen LogP contribution in [-0.4, -0.2) is 37.8 Å². The Kier molecular flexibility index (Phi) is 5.07. The molecule has 3 aromatic heterocycles. The van der Waals surface area contributed by atoms with Gasteiger partial charge in [-0.25, -0.2) is 19.9 Å². The number of hydrogen-bond donors (Lipinski definition) is 0. The lowest BCUT2D eigenvalue weighted by atomic mass is 10.0. The summed E-state index contributed by atoms with van der Waals surface area (Å²) in [5.74, 6) is -0.0681. The lowest BCUT2D eigenvalue weighted by molar-refractivity contribution is 0.0744. The summed E-state index contributed by atoms with van der Waals surface area (Å²) in [6, 6.07) is 7.60. The molecule has 1 unspecified atom stereocenters. The van der Waals surface area contributed by atoms with Crippen molar-refractivity contribution in [2.45, 2.75) is 26.8 Å². The fourth-order valence-corrected chi connectivity index (χ4v) is 4.14. The second-order valence-corrected chi connectivity index (χ2v) is 7.96. The van der Waals surface area contributed by atoms with Crippen LogP contribution in [0.25, 0.3) is 22.2 Å². The maximum Gasteiger partial charge on any atom is 0.254 e. The highest BCUT2D eigenvalue weighted by atomic mass is 32.1. The summed E-state index contributed by atoms with van der Waals surface area (Å²) in [7, 11) is 1.82. The standard InChI is InChI=1S/C22H21N5OS/c1-13-6-5-7-17-18(8-19(26-20(13)17)16-9-23-12-24-10-16)22(28)27(4)15(3)21-25-14(2)11-29-21/h5-12,15H,1-4H3. The fraction of sp³-hybridized carbons (Fsp3) is 0.227. The zero-order valence-corrected chi connectivity index (χ0v) is 17.6. The van der Waals surface area contributed by atoms with Crippen LogP contribution in [0.4, 0.5) is 0 Å². The molecule has 1 atom stereocenters. The van der Waals surface area contributed by atoms with Crippen LogP contribution < -0.4 is 0 Å². The predicted molar refractivity (Wildman–Crippen MR) is 115 cm³/mol. The summed E-state index contributed by atoms with van der Waals surface area (Å²) in [4.78, 5) is 32.8. The van der Waals surface area contributed by atoms with E-state index in [1.807, 2.05) is 57.5 Å². The van der Waals surface area contributed by atoms with Crippen LogP contribution >= 0.6 is 11.3 Å². The lowest BCUT2D eigenvalue weighted by Gasteiger charge is -2.24. The zero-order chi connectivity index (χ0) is 20.5. The Morgan fingerprint density at radius 1 is 1.14 bits per heavy atom. The summed E-state index contributed by atoms with van der Waals surface area (Å²) in [6.07, 6.45) is 4.89. The third-order valence-corrected chi connectivity index (χ3v) is 6.16. The second-order valence-electron chi connectivity index (χ2n) is 7.07. The van der Waals surface area contributed by atoms with Crippen molar-refractivity contribution < 1.29 is 4.79 Å². The van der Waals surface area contributed by atoms with Crippen molar-refractivity contribution in [1.82, 2.24) is 24.8 Å². The first-order valence-electron chi connectivity index (χ1n) is 9.30. The number of thiazole rings is 1. The van der Waals surface area contributed by atoms with Gasteiger partial charge in [0.05, 0.1) is 22.8 Å². The second kappa shape index (κ2) is 7.67. The van der Waals surface area contributed by atoms with Gasteiger partial charge in [0.1, 0.15) is 11.3 Å². The maximum atomic E-state index is 13.5. The average Bonchev–Trinajstić information content (AvgIpc) is 3.19. The molecule has 0 bridgehead atoms. The molecule has 6 nitrogen and oxygen atoms in total. The van der Waals surface area contributed by atoms with E-state index in [0.717, 1.165) is 32.7 Å².